The van der Waals surface area contributed by atoms with Gasteiger partial charge in [-0.05, 0) is 29.2 Å². The highest BCUT2D eigenvalue weighted by atomic mass is 31.1. The molecule has 0 amide bonds. The van der Waals surface area contributed by atoms with Crippen LogP contribution in [-0.2, 0) is 11.0 Å². The number of benzene rings is 2. The van der Waals surface area contributed by atoms with Crippen LogP contribution < -0.4 is 4.52 Å². The number of rotatable bonds is 2. The van der Waals surface area contributed by atoms with Crippen molar-refractivity contribution in [3.63, 3.8) is 0 Å². The molecule has 3 rings (SSSR count). The zero-order valence-electron chi connectivity index (χ0n) is 10.2. The Balaban J connectivity index is 2.10. The van der Waals surface area contributed by atoms with Gasteiger partial charge in [-0.1, -0.05) is 48.6 Å². The Labute approximate surface area is 112 Å². The third-order valence-corrected chi connectivity index (χ3v) is 3.61. The number of hydrogen-bond acceptors (Lipinski definition) is 2. The Bertz CT molecular complexity index is 677. The van der Waals surface area contributed by atoms with Gasteiger partial charge in [0, 0.05) is 5.56 Å². The largest absolute Gasteiger partial charge is 0.426 e. The molecule has 0 heterocycles. The van der Waals surface area contributed by atoms with E-state index in [1.807, 2.05) is 36.4 Å². The van der Waals surface area contributed by atoms with E-state index < -0.39 is 8.25 Å². The van der Waals surface area contributed by atoms with Crippen molar-refractivity contribution < 1.29 is 14.0 Å². The Morgan fingerprint density at radius 2 is 1.79 bits per heavy atom. The first-order valence-electron chi connectivity index (χ1n) is 6.03. The summed E-state index contributed by atoms with van der Waals surface area (Å²) in [6.45, 7) is 0. The highest BCUT2D eigenvalue weighted by Gasteiger charge is 2.13. The summed E-state index contributed by atoms with van der Waals surface area (Å²) in [6.07, 6.45) is 4.76. The molecule has 1 N–H and O–H groups in total. The maximum atomic E-state index is 10.9. The van der Waals surface area contributed by atoms with Crippen LogP contribution in [0.4, 0.5) is 0 Å². The molecule has 0 spiro atoms. The lowest BCUT2D eigenvalue weighted by Crippen LogP contribution is -1.94. The van der Waals surface area contributed by atoms with Crippen molar-refractivity contribution in [3.8, 4) is 5.75 Å². The average Bonchev–Trinajstić information content (AvgIpc) is 2.57. The molecule has 19 heavy (non-hydrogen) atoms. The summed E-state index contributed by atoms with van der Waals surface area (Å²) in [6, 6.07) is 13.8. The van der Waals surface area contributed by atoms with Gasteiger partial charge in [0.1, 0.15) is 5.75 Å². The first-order chi connectivity index (χ1) is 9.24. The predicted octanol–water partition coefficient (Wildman–Crippen LogP) is 3.52. The predicted molar refractivity (Wildman–Crippen MR) is 76.5 cm³/mol. The van der Waals surface area contributed by atoms with Crippen LogP contribution in [0.5, 0.6) is 5.75 Å². The quantitative estimate of drug-likeness (QED) is 0.726. The molecule has 3 nitrogen and oxygen atoms in total. The van der Waals surface area contributed by atoms with Gasteiger partial charge in [-0.15, -0.1) is 0 Å². The molecule has 0 saturated heterocycles. The Morgan fingerprint density at radius 3 is 2.63 bits per heavy atom. The molecule has 0 fully saturated rings. The summed E-state index contributed by atoms with van der Waals surface area (Å²) in [4.78, 5) is 8.95. The monoisotopic (exact) mass is 272 g/mol. The van der Waals surface area contributed by atoms with Gasteiger partial charge in [-0.3, -0.25) is 0 Å². The maximum absolute atomic E-state index is 10.9. The summed E-state index contributed by atoms with van der Waals surface area (Å²) in [7, 11) is -2.98. The first kappa shape index (κ1) is 12.2. The lowest BCUT2D eigenvalue weighted by molar-refractivity contribution is 0.410. The van der Waals surface area contributed by atoms with Gasteiger partial charge < -0.3 is 9.42 Å². The fourth-order valence-electron chi connectivity index (χ4n) is 2.35. The Kier molecular flexibility index (Phi) is 3.24. The van der Waals surface area contributed by atoms with Crippen LogP contribution in [0.15, 0.2) is 42.5 Å². The molecule has 1 aliphatic carbocycles. The van der Waals surface area contributed by atoms with Gasteiger partial charge in [-0.25, -0.2) is 4.57 Å². The molecule has 96 valence electrons. The summed E-state index contributed by atoms with van der Waals surface area (Å²) < 4.78 is 15.9. The molecule has 1 unspecified atom stereocenters. The first-order valence-corrected chi connectivity index (χ1v) is 7.29. The number of fused-ring (bicyclic) bond motifs is 2. The van der Waals surface area contributed by atoms with E-state index in [-0.39, 0.29) is 0 Å². The summed E-state index contributed by atoms with van der Waals surface area (Å²) in [5.74, 6) is 0.466. The molecule has 0 saturated carbocycles. The van der Waals surface area contributed by atoms with Crippen LogP contribution in [0, 0.1) is 0 Å². The van der Waals surface area contributed by atoms with Crippen molar-refractivity contribution in [1.29, 1.82) is 0 Å². The molecule has 0 bridgehead atoms. The van der Waals surface area contributed by atoms with Crippen LogP contribution in [0.1, 0.15) is 22.3 Å². The number of hydrogen-bond donors (Lipinski definition) is 1. The molecular weight excluding hydrogens is 259 g/mol. The van der Waals surface area contributed by atoms with Crippen molar-refractivity contribution in [2.75, 3.05) is 0 Å². The van der Waals surface area contributed by atoms with Crippen molar-refractivity contribution in [1.82, 2.24) is 0 Å². The minimum absolute atomic E-state index is 0.466. The van der Waals surface area contributed by atoms with Crippen molar-refractivity contribution >= 4 is 20.4 Å². The third kappa shape index (κ3) is 2.48. The third-order valence-electron chi connectivity index (χ3n) is 3.22. The van der Waals surface area contributed by atoms with E-state index in [1.165, 1.54) is 11.1 Å². The van der Waals surface area contributed by atoms with E-state index in [2.05, 4.69) is 12.1 Å². The van der Waals surface area contributed by atoms with Crippen LogP contribution in [0.3, 0.4) is 0 Å². The average molecular weight is 272 g/mol. The molecule has 0 aromatic heterocycles. The van der Waals surface area contributed by atoms with Gasteiger partial charge in [-0.2, -0.15) is 0 Å². The Morgan fingerprint density at radius 1 is 1.00 bits per heavy atom. The van der Waals surface area contributed by atoms with E-state index in [4.69, 9.17) is 9.42 Å². The fraction of sp³-hybridized carbons (Fsp3) is 0.0667. The summed E-state index contributed by atoms with van der Waals surface area (Å²) in [5, 5.41) is 0. The van der Waals surface area contributed by atoms with E-state index in [0.717, 1.165) is 17.5 Å². The lowest BCUT2D eigenvalue weighted by atomic mass is 9.99. The topological polar surface area (TPSA) is 46.5 Å². The van der Waals surface area contributed by atoms with Crippen molar-refractivity contribution in [3.05, 3.63) is 64.7 Å². The second kappa shape index (κ2) is 5.04. The van der Waals surface area contributed by atoms with Gasteiger partial charge >= 0.3 is 8.25 Å². The van der Waals surface area contributed by atoms with Crippen LogP contribution in [0.2, 0.25) is 0 Å². The van der Waals surface area contributed by atoms with E-state index in [9.17, 15) is 4.57 Å². The molecule has 0 radical (unpaired) electrons. The van der Waals surface area contributed by atoms with Crippen LogP contribution >= 0.6 is 8.25 Å². The SMILES string of the molecule is O=[PH](O)Oc1cccc2c1C=Cc1ccccc1C2. The lowest BCUT2D eigenvalue weighted by Gasteiger charge is -2.10. The summed E-state index contributed by atoms with van der Waals surface area (Å²) in [5.41, 5.74) is 4.39. The van der Waals surface area contributed by atoms with Gasteiger partial charge in [0.25, 0.3) is 0 Å². The molecule has 2 aromatic carbocycles. The van der Waals surface area contributed by atoms with E-state index in [0.29, 0.717) is 5.75 Å². The zero-order chi connectivity index (χ0) is 13.2. The molecule has 1 aliphatic rings. The van der Waals surface area contributed by atoms with Crippen LogP contribution in [-0.4, -0.2) is 4.89 Å². The van der Waals surface area contributed by atoms with Crippen molar-refractivity contribution in [2.45, 2.75) is 6.42 Å². The fourth-order valence-corrected chi connectivity index (χ4v) is 2.72. The molecule has 4 heteroatoms. The molecule has 2 aromatic rings. The second-order valence-electron chi connectivity index (χ2n) is 4.41. The minimum Gasteiger partial charge on any atom is -0.426 e. The second-order valence-corrected chi connectivity index (χ2v) is 5.14. The van der Waals surface area contributed by atoms with Gasteiger partial charge in [0.15, 0.2) is 0 Å². The van der Waals surface area contributed by atoms with Crippen molar-refractivity contribution in [2.24, 2.45) is 0 Å². The normalized spacial score (nSPS) is 14.2. The molecular formula is C15H13O3P. The molecule has 0 aliphatic heterocycles. The van der Waals surface area contributed by atoms with Crippen LogP contribution in [0.25, 0.3) is 12.2 Å². The summed E-state index contributed by atoms with van der Waals surface area (Å²) >= 11 is 0. The van der Waals surface area contributed by atoms with E-state index >= 15 is 0 Å². The minimum atomic E-state index is -2.98. The zero-order valence-corrected chi connectivity index (χ0v) is 11.2. The highest BCUT2D eigenvalue weighted by Crippen LogP contribution is 2.34. The Hall–Kier alpha value is -1.83. The van der Waals surface area contributed by atoms with Gasteiger partial charge in [0.05, 0.1) is 0 Å². The smallest absolute Gasteiger partial charge is 0.365 e. The standard InChI is InChI=1S/C15H13O3P/c16-19(17)18-15-7-3-6-13-10-12-5-2-1-4-11(12)8-9-14(13)15/h1-9,19H,10H2,(H,16,17). The maximum Gasteiger partial charge on any atom is 0.365 e. The van der Waals surface area contributed by atoms with Gasteiger partial charge in [0.2, 0.25) is 0 Å². The van der Waals surface area contributed by atoms with E-state index in [1.54, 1.807) is 6.07 Å². The molecule has 1 atom stereocenters. The highest BCUT2D eigenvalue weighted by molar-refractivity contribution is 7.32.